The van der Waals surface area contributed by atoms with Crippen molar-refractivity contribution in [2.24, 2.45) is 11.8 Å². The Balaban J connectivity index is 1.80. The van der Waals surface area contributed by atoms with E-state index in [0.717, 1.165) is 11.3 Å². The zero-order valence-electron chi connectivity index (χ0n) is 11.9. The Labute approximate surface area is 120 Å². The Bertz CT molecular complexity index is 436. The number of hydrogen-bond donors (Lipinski definition) is 0. The van der Waals surface area contributed by atoms with Crippen LogP contribution in [0, 0.1) is 11.8 Å². The number of aryl methyl sites for hydroxylation is 2. The Hall–Kier alpha value is -0.630. The van der Waals surface area contributed by atoms with Crippen LogP contribution in [0.2, 0.25) is 0 Å². The van der Waals surface area contributed by atoms with Gasteiger partial charge in [-0.2, -0.15) is 0 Å². The molecule has 0 N–H and O–H groups in total. The van der Waals surface area contributed by atoms with Gasteiger partial charge in [0.1, 0.15) is 0 Å². The molecule has 19 heavy (non-hydrogen) atoms. The van der Waals surface area contributed by atoms with Gasteiger partial charge in [0.25, 0.3) is 0 Å². The van der Waals surface area contributed by atoms with Crippen LogP contribution in [0.25, 0.3) is 0 Å². The molecule has 0 radical (unpaired) electrons. The van der Waals surface area contributed by atoms with Gasteiger partial charge in [0.2, 0.25) is 0 Å². The first-order chi connectivity index (χ1) is 9.29. The van der Waals surface area contributed by atoms with Crippen LogP contribution in [0.15, 0.2) is 6.07 Å². The van der Waals surface area contributed by atoms with Gasteiger partial charge in [0, 0.05) is 10.8 Å². The lowest BCUT2D eigenvalue weighted by Crippen LogP contribution is -2.26. The van der Waals surface area contributed by atoms with E-state index in [4.69, 9.17) is 0 Å². The summed E-state index contributed by atoms with van der Waals surface area (Å²) in [5.41, 5.74) is 1.48. The van der Waals surface area contributed by atoms with Crippen LogP contribution >= 0.6 is 11.3 Å². The highest BCUT2D eigenvalue weighted by Gasteiger charge is 2.31. The van der Waals surface area contributed by atoms with E-state index in [-0.39, 0.29) is 0 Å². The van der Waals surface area contributed by atoms with Crippen LogP contribution in [0.3, 0.4) is 0 Å². The summed E-state index contributed by atoms with van der Waals surface area (Å²) in [6.07, 6.45) is 11.1. The molecule has 1 saturated carbocycles. The third-order valence-corrected chi connectivity index (χ3v) is 6.26. The highest BCUT2D eigenvalue weighted by Crippen LogP contribution is 2.37. The van der Waals surface area contributed by atoms with Crippen LogP contribution in [-0.2, 0) is 12.8 Å². The van der Waals surface area contributed by atoms with E-state index in [0.29, 0.717) is 17.6 Å². The Kier molecular flexibility index (Phi) is 4.07. The van der Waals surface area contributed by atoms with Gasteiger partial charge in [-0.1, -0.05) is 26.2 Å². The molecule has 0 saturated heterocycles. The molecular formula is C17H24OS. The maximum Gasteiger partial charge on any atom is 0.176 e. The molecule has 2 unspecified atom stereocenters. The molecule has 2 atom stereocenters. The number of hydrogen-bond acceptors (Lipinski definition) is 2. The van der Waals surface area contributed by atoms with Gasteiger partial charge in [-0.15, -0.1) is 11.3 Å². The quantitative estimate of drug-likeness (QED) is 0.708. The average molecular weight is 276 g/mol. The smallest absolute Gasteiger partial charge is 0.176 e. The van der Waals surface area contributed by atoms with E-state index in [1.807, 2.05) is 0 Å². The predicted octanol–water partition coefficient (Wildman–Crippen LogP) is 5.03. The SMILES string of the molecule is CCC1CCCCC1C(=O)c1cc2c(s1)CCCC2. The van der Waals surface area contributed by atoms with Crippen molar-refractivity contribution >= 4 is 17.1 Å². The highest BCUT2D eigenvalue weighted by molar-refractivity contribution is 7.14. The first-order valence-electron chi connectivity index (χ1n) is 7.95. The lowest BCUT2D eigenvalue weighted by Gasteiger charge is -2.29. The second-order valence-corrected chi connectivity index (χ2v) is 7.33. The van der Waals surface area contributed by atoms with Crippen LogP contribution in [-0.4, -0.2) is 5.78 Å². The van der Waals surface area contributed by atoms with Gasteiger partial charge < -0.3 is 0 Å². The molecule has 2 heteroatoms. The van der Waals surface area contributed by atoms with Crippen molar-refractivity contribution in [3.8, 4) is 0 Å². The second kappa shape index (κ2) is 5.78. The molecule has 1 aromatic rings. The van der Waals surface area contributed by atoms with Crippen LogP contribution in [0.5, 0.6) is 0 Å². The lowest BCUT2D eigenvalue weighted by atomic mass is 9.75. The molecule has 1 nitrogen and oxygen atoms in total. The largest absolute Gasteiger partial charge is 0.293 e. The second-order valence-electron chi connectivity index (χ2n) is 6.19. The van der Waals surface area contributed by atoms with Gasteiger partial charge in [-0.25, -0.2) is 0 Å². The molecule has 1 aromatic heterocycles. The van der Waals surface area contributed by atoms with Gasteiger partial charge in [0.05, 0.1) is 4.88 Å². The van der Waals surface area contributed by atoms with Crippen molar-refractivity contribution in [2.45, 2.75) is 64.7 Å². The molecule has 1 heterocycles. The van der Waals surface area contributed by atoms with Crippen LogP contribution in [0.4, 0.5) is 0 Å². The monoisotopic (exact) mass is 276 g/mol. The first kappa shape index (κ1) is 13.4. The molecule has 0 bridgehead atoms. The first-order valence-corrected chi connectivity index (χ1v) is 8.77. The van der Waals surface area contributed by atoms with Gasteiger partial charge in [-0.3, -0.25) is 4.79 Å². The fraction of sp³-hybridized carbons (Fsp3) is 0.706. The summed E-state index contributed by atoms with van der Waals surface area (Å²) < 4.78 is 0. The number of ketones is 1. The van der Waals surface area contributed by atoms with Crippen molar-refractivity contribution < 1.29 is 4.79 Å². The van der Waals surface area contributed by atoms with Gasteiger partial charge in [-0.05, 0) is 56.1 Å². The molecule has 104 valence electrons. The highest BCUT2D eigenvalue weighted by atomic mass is 32.1. The normalized spacial score (nSPS) is 27.0. The summed E-state index contributed by atoms with van der Waals surface area (Å²) in [6, 6.07) is 2.23. The zero-order valence-corrected chi connectivity index (χ0v) is 12.7. The number of carbonyl (C=O) groups excluding carboxylic acids is 1. The third kappa shape index (κ3) is 2.65. The lowest BCUT2D eigenvalue weighted by molar-refractivity contribution is 0.0824. The van der Waals surface area contributed by atoms with Crippen molar-refractivity contribution in [3.63, 3.8) is 0 Å². The third-order valence-electron chi connectivity index (χ3n) is 5.01. The van der Waals surface area contributed by atoms with Crippen LogP contribution < -0.4 is 0 Å². The molecule has 2 aliphatic carbocycles. The minimum Gasteiger partial charge on any atom is -0.293 e. The van der Waals surface area contributed by atoms with Crippen LogP contribution in [0.1, 0.15) is 72.0 Å². The molecule has 2 aliphatic rings. The van der Waals surface area contributed by atoms with E-state index in [9.17, 15) is 4.79 Å². The predicted molar refractivity (Wildman–Crippen MR) is 81.0 cm³/mol. The zero-order chi connectivity index (χ0) is 13.2. The molecule has 0 spiro atoms. The van der Waals surface area contributed by atoms with E-state index >= 15 is 0 Å². The Morgan fingerprint density at radius 1 is 1.21 bits per heavy atom. The van der Waals surface area contributed by atoms with E-state index in [2.05, 4.69) is 13.0 Å². The standard InChI is InChI=1S/C17H24OS/c1-2-12-7-3-5-9-14(12)17(18)16-11-13-8-4-6-10-15(13)19-16/h11-12,14H,2-10H2,1H3. The number of carbonyl (C=O) groups is 1. The maximum absolute atomic E-state index is 12.8. The number of thiophene rings is 1. The minimum absolute atomic E-state index is 0.318. The number of fused-ring (bicyclic) bond motifs is 1. The molecular weight excluding hydrogens is 252 g/mol. The minimum atomic E-state index is 0.318. The van der Waals surface area contributed by atoms with Crippen molar-refractivity contribution in [1.29, 1.82) is 0 Å². The van der Waals surface area contributed by atoms with E-state index < -0.39 is 0 Å². The summed E-state index contributed by atoms with van der Waals surface area (Å²) in [7, 11) is 0. The average Bonchev–Trinajstić information content (AvgIpc) is 2.90. The number of rotatable bonds is 3. The molecule has 0 aliphatic heterocycles. The summed E-state index contributed by atoms with van der Waals surface area (Å²) >= 11 is 1.80. The summed E-state index contributed by atoms with van der Waals surface area (Å²) in [6.45, 7) is 2.25. The van der Waals surface area contributed by atoms with E-state index in [1.54, 1.807) is 11.3 Å². The topological polar surface area (TPSA) is 17.1 Å². The summed E-state index contributed by atoms with van der Waals surface area (Å²) in [4.78, 5) is 15.4. The van der Waals surface area contributed by atoms with Gasteiger partial charge in [0.15, 0.2) is 5.78 Å². The molecule has 0 aromatic carbocycles. The van der Waals surface area contributed by atoms with Crippen molar-refractivity contribution in [1.82, 2.24) is 0 Å². The molecule has 3 rings (SSSR count). The molecule has 1 fully saturated rings. The van der Waals surface area contributed by atoms with E-state index in [1.165, 1.54) is 61.8 Å². The van der Waals surface area contributed by atoms with Crippen molar-refractivity contribution in [2.75, 3.05) is 0 Å². The fourth-order valence-corrected chi connectivity index (χ4v) is 5.09. The Morgan fingerprint density at radius 3 is 2.79 bits per heavy atom. The number of Topliss-reactive ketones (excluding diaryl/α,β-unsaturated/α-hetero) is 1. The summed E-state index contributed by atoms with van der Waals surface area (Å²) in [5.74, 6) is 1.42. The van der Waals surface area contributed by atoms with Gasteiger partial charge >= 0.3 is 0 Å². The molecule has 0 amide bonds. The van der Waals surface area contributed by atoms with Crippen molar-refractivity contribution in [3.05, 3.63) is 21.4 Å². The fourth-order valence-electron chi connectivity index (χ4n) is 3.84. The maximum atomic E-state index is 12.8. The summed E-state index contributed by atoms with van der Waals surface area (Å²) in [5, 5.41) is 0. The Morgan fingerprint density at radius 2 is 2.00 bits per heavy atom.